The third-order valence-electron chi connectivity index (χ3n) is 3.47. The number of hydrogen-bond donors (Lipinski definition) is 2. The highest BCUT2D eigenvalue weighted by atomic mass is 16.2. The zero-order valence-corrected chi connectivity index (χ0v) is 10.1. The Morgan fingerprint density at radius 2 is 1.73 bits per heavy atom. The minimum Gasteiger partial charge on any atom is -0.352 e. The van der Waals surface area contributed by atoms with Gasteiger partial charge in [-0.2, -0.15) is 0 Å². The van der Waals surface area contributed by atoms with Gasteiger partial charge in [0.2, 0.25) is 5.91 Å². The highest BCUT2D eigenvalue weighted by molar-refractivity contribution is 5.81. The second-order valence-electron chi connectivity index (χ2n) is 5.15. The van der Waals surface area contributed by atoms with Crippen molar-refractivity contribution in [1.82, 2.24) is 5.32 Å². The van der Waals surface area contributed by atoms with E-state index in [0.29, 0.717) is 6.04 Å². The summed E-state index contributed by atoms with van der Waals surface area (Å²) in [5, 5.41) is 3.01. The topological polar surface area (TPSA) is 55.1 Å². The Bertz CT molecular complexity index is 206. The molecule has 0 spiro atoms. The van der Waals surface area contributed by atoms with Gasteiger partial charge in [0.05, 0.1) is 6.04 Å². The van der Waals surface area contributed by atoms with Crippen LogP contribution in [0.2, 0.25) is 0 Å². The molecule has 1 aliphatic carbocycles. The normalized spacial score (nSPS) is 28.9. The van der Waals surface area contributed by atoms with Crippen LogP contribution in [0.4, 0.5) is 0 Å². The van der Waals surface area contributed by atoms with Gasteiger partial charge < -0.3 is 11.1 Å². The number of hydrogen-bond acceptors (Lipinski definition) is 2. The van der Waals surface area contributed by atoms with Crippen molar-refractivity contribution in [2.75, 3.05) is 0 Å². The molecule has 1 atom stereocenters. The lowest BCUT2D eigenvalue weighted by atomic mass is 9.79. The first kappa shape index (κ1) is 12.5. The van der Waals surface area contributed by atoms with Crippen LogP contribution in [0, 0.1) is 11.8 Å². The van der Waals surface area contributed by atoms with Crippen molar-refractivity contribution in [1.29, 1.82) is 0 Å². The van der Waals surface area contributed by atoms with Crippen molar-refractivity contribution in [2.24, 2.45) is 17.6 Å². The Morgan fingerprint density at radius 3 is 2.13 bits per heavy atom. The summed E-state index contributed by atoms with van der Waals surface area (Å²) in [5.41, 5.74) is 5.52. The van der Waals surface area contributed by atoms with Gasteiger partial charge in [0, 0.05) is 6.04 Å². The third kappa shape index (κ3) is 3.82. The van der Waals surface area contributed by atoms with E-state index in [9.17, 15) is 4.79 Å². The van der Waals surface area contributed by atoms with Crippen LogP contribution in [-0.2, 0) is 4.79 Å². The molecule has 0 heterocycles. The zero-order valence-electron chi connectivity index (χ0n) is 10.1. The second-order valence-corrected chi connectivity index (χ2v) is 5.15. The minimum absolute atomic E-state index is 0.0111. The van der Waals surface area contributed by atoms with Crippen LogP contribution < -0.4 is 11.1 Å². The summed E-state index contributed by atoms with van der Waals surface area (Å²) in [6.45, 7) is 6.30. The summed E-state index contributed by atoms with van der Waals surface area (Å²) < 4.78 is 0. The molecule has 0 aromatic heterocycles. The summed E-state index contributed by atoms with van der Waals surface area (Å²) in [6, 6.07) is -0.0219. The van der Waals surface area contributed by atoms with E-state index in [0.717, 1.165) is 24.7 Å². The molecule has 1 saturated carbocycles. The lowest BCUT2D eigenvalue weighted by Gasteiger charge is -2.31. The fraction of sp³-hybridized carbons (Fsp3) is 0.917. The highest BCUT2D eigenvalue weighted by Crippen LogP contribution is 2.29. The standard InChI is InChI=1S/C12H24N2O/c1-8(2)10-4-6-11(7-5-10)14-12(15)9(3)13/h8-11H,4-7,13H2,1-3H3,(H,14,15)/t9-,10?,11?/m0/s1. The van der Waals surface area contributed by atoms with E-state index < -0.39 is 0 Å². The molecule has 88 valence electrons. The summed E-state index contributed by atoms with van der Waals surface area (Å²) >= 11 is 0. The summed E-state index contributed by atoms with van der Waals surface area (Å²) in [6.07, 6.45) is 4.70. The molecule has 15 heavy (non-hydrogen) atoms. The molecule has 3 heteroatoms. The number of carbonyl (C=O) groups is 1. The fourth-order valence-corrected chi connectivity index (χ4v) is 2.26. The average molecular weight is 212 g/mol. The maximum atomic E-state index is 11.4. The van der Waals surface area contributed by atoms with Crippen LogP contribution in [0.5, 0.6) is 0 Å². The van der Waals surface area contributed by atoms with Crippen LogP contribution in [0.3, 0.4) is 0 Å². The van der Waals surface area contributed by atoms with Crippen LogP contribution in [0.15, 0.2) is 0 Å². The van der Waals surface area contributed by atoms with Crippen LogP contribution in [0.1, 0.15) is 46.5 Å². The highest BCUT2D eigenvalue weighted by Gasteiger charge is 2.24. The molecule has 3 nitrogen and oxygen atoms in total. The monoisotopic (exact) mass is 212 g/mol. The van der Waals surface area contributed by atoms with Crippen molar-refractivity contribution in [3.05, 3.63) is 0 Å². The second kappa shape index (κ2) is 5.50. The zero-order chi connectivity index (χ0) is 11.4. The fourth-order valence-electron chi connectivity index (χ4n) is 2.26. The molecule has 0 aromatic carbocycles. The third-order valence-corrected chi connectivity index (χ3v) is 3.47. The number of rotatable bonds is 3. The molecule has 3 N–H and O–H groups in total. The van der Waals surface area contributed by atoms with Gasteiger partial charge in [-0.25, -0.2) is 0 Å². The largest absolute Gasteiger partial charge is 0.352 e. The smallest absolute Gasteiger partial charge is 0.236 e. The van der Waals surface area contributed by atoms with Gasteiger partial charge >= 0.3 is 0 Å². The Balaban J connectivity index is 2.29. The van der Waals surface area contributed by atoms with Gasteiger partial charge in [0.25, 0.3) is 0 Å². The molecule has 0 saturated heterocycles. The molecule has 1 amide bonds. The Morgan fingerprint density at radius 1 is 1.20 bits per heavy atom. The number of carbonyl (C=O) groups excluding carboxylic acids is 1. The van der Waals surface area contributed by atoms with E-state index in [1.165, 1.54) is 12.8 Å². The van der Waals surface area contributed by atoms with E-state index in [1.54, 1.807) is 6.92 Å². The maximum absolute atomic E-state index is 11.4. The Kier molecular flexibility index (Phi) is 4.58. The SMILES string of the molecule is CC(C)C1CCC(NC(=O)[C@H](C)N)CC1. The van der Waals surface area contributed by atoms with Crippen LogP contribution in [-0.4, -0.2) is 18.0 Å². The molecular formula is C12H24N2O. The molecule has 1 aliphatic rings. The molecule has 1 rings (SSSR count). The predicted molar refractivity (Wildman–Crippen MR) is 62.4 cm³/mol. The van der Waals surface area contributed by atoms with Gasteiger partial charge in [-0.3, -0.25) is 4.79 Å². The van der Waals surface area contributed by atoms with Gasteiger partial charge in [0.15, 0.2) is 0 Å². The van der Waals surface area contributed by atoms with Gasteiger partial charge in [-0.1, -0.05) is 13.8 Å². The van der Waals surface area contributed by atoms with E-state index in [-0.39, 0.29) is 11.9 Å². The van der Waals surface area contributed by atoms with E-state index >= 15 is 0 Å². The van der Waals surface area contributed by atoms with E-state index in [4.69, 9.17) is 5.73 Å². The van der Waals surface area contributed by atoms with Gasteiger partial charge in [-0.15, -0.1) is 0 Å². The Labute approximate surface area is 92.8 Å². The first-order valence-electron chi connectivity index (χ1n) is 6.06. The van der Waals surface area contributed by atoms with Crippen LogP contribution >= 0.6 is 0 Å². The summed E-state index contributed by atoms with van der Waals surface area (Å²) in [5.74, 6) is 1.60. The number of nitrogens with one attached hydrogen (secondary N) is 1. The minimum atomic E-state index is -0.382. The lowest BCUT2D eigenvalue weighted by Crippen LogP contribution is -2.45. The molecule has 0 aromatic rings. The molecule has 0 radical (unpaired) electrons. The van der Waals surface area contributed by atoms with Crippen molar-refractivity contribution in [2.45, 2.75) is 58.5 Å². The summed E-state index contributed by atoms with van der Waals surface area (Å²) in [4.78, 5) is 11.4. The first-order valence-corrected chi connectivity index (χ1v) is 6.06. The molecule has 0 unspecified atom stereocenters. The molecule has 0 bridgehead atoms. The van der Waals surface area contributed by atoms with Crippen molar-refractivity contribution in [3.8, 4) is 0 Å². The van der Waals surface area contributed by atoms with Crippen molar-refractivity contribution < 1.29 is 4.79 Å². The first-order chi connectivity index (χ1) is 7.00. The molecule has 0 aliphatic heterocycles. The maximum Gasteiger partial charge on any atom is 0.236 e. The van der Waals surface area contributed by atoms with Crippen molar-refractivity contribution >= 4 is 5.91 Å². The van der Waals surface area contributed by atoms with E-state index in [1.807, 2.05) is 0 Å². The summed E-state index contributed by atoms with van der Waals surface area (Å²) in [7, 11) is 0. The van der Waals surface area contributed by atoms with Gasteiger partial charge in [-0.05, 0) is 44.4 Å². The van der Waals surface area contributed by atoms with Gasteiger partial charge in [0.1, 0.15) is 0 Å². The molecule has 1 fully saturated rings. The Hall–Kier alpha value is -0.570. The average Bonchev–Trinajstić information content (AvgIpc) is 2.18. The lowest BCUT2D eigenvalue weighted by molar-refractivity contribution is -0.123. The number of amides is 1. The van der Waals surface area contributed by atoms with E-state index in [2.05, 4.69) is 19.2 Å². The van der Waals surface area contributed by atoms with Crippen LogP contribution in [0.25, 0.3) is 0 Å². The quantitative estimate of drug-likeness (QED) is 0.747. The van der Waals surface area contributed by atoms with Crippen molar-refractivity contribution in [3.63, 3.8) is 0 Å². The predicted octanol–water partition coefficient (Wildman–Crippen LogP) is 1.66. The molecular weight excluding hydrogens is 188 g/mol. The number of nitrogens with two attached hydrogens (primary N) is 1.